The number of likely N-dealkylation sites (N-methyl/N-ethyl adjacent to an activating group) is 2. The number of carbonyl (C=O) groups excluding carboxylic acids is 1. The zero-order valence-electron chi connectivity index (χ0n) is 10.8. The summed E-state index contributed by atoms with van der Waals surface area (Å²) in [4.78, 5) is 15.9. The van der Waals surface area contributed by atoms with Gasteiger partial charge in [-0.25, -0.2) is 0 Å². The van der Waals surface area contributed by atoms with E-state index in [4.69, 9.17) is 11.6 Å². The van der Waals surface area contributed by atoms with Gasteiger partial charge in [-0.15, -0.1) is 0 Å². The fourth-order valence-electron chi connectivity index (χ4n) is 1.47. The van der Waals surface area contributed by atoms with Crippen molar-refractivity contribution in [1.82, 2.24) is 19.6 Å². The summed E-state index contributed by atoms with van der Waals surface area (Å²) < 4.78 is 1.67. The third-order valence-corrected chi connectivity index (χ3v) is 2.55. The maximum Gasteiger partial charge on any atom is 0.196 e. The van der Waals surface area contributed by atoms with Crippen LogP contribution in [-0.4, -0.2) is 66.6 Å². The standard InChI is InChI=1S/C11H19ClN4O/c1-14(2)5-6-16-11(9(12)7-13-16)10(17)8-15(3)4/h7H,5-6,8H2,1-4H3. The second-order valence-electron chi connectivity index (χ2n) is 4.53. The number of halogens is 1. The maximum atomic E-state index is 12.0. The van der Waals surface area contributed by atoms with E-state index in [2.05, 4.69) is 5.10 Å². The molecule has 0 aliphatic heterocycles. The smallest absolute Gasteiger partial charge is 0.196 e. The SMILES string of the molecule is CN(C)CCn1ncc(Cl)c1C(=O)CN(C)C. The molecule has 0 aliphatic rings. The monoisotopic (exact) mass is 258 g/mol. The van der Waals surface area contributed by atoms with Crippen LogP contribution in [0.5, 0.6) is 0 Å². The van der Waals surface area contributed by atoms with Gasteiger partial charge in [0.15, 0.2) is 5.78 Å². The number of rotatable bonds is 6. The van der Waals surface area contributed by atoms with Crippen LogP contribution in [0.15, 0.2) is 6.20 Å². The van der Waals surface area contributed by atoms with Gasteiger partial charge in [-0.2, -0.15) is 5.10 Å². The molecule has 0 fully saturated rings. The Morgan fingerprint density at radius 1 is 1.35 bits per heavy atom. The number of aromatic nitrogens is 2. The summed E-state index contributed by atoms with van der Waals surface area (Å²) in [7, 11) is 7.66. The number of Topliss-reactive ketones (excluding diaryl/α,β-unsaturated/α-hetero) is 1. The highest BCUT2D eigenvalue weighted by Crippen LogP contribution is 2.16. The van der Waals surface area contributed by atoms with E-state index in [1.165, 1.54) is 6.20 Å². The Bertz CT molecular complexity index is 387. The first kappa shape index (κ1) is 14.2. The summed E-state index contributed by atoms with van der Waals surface area (Å²) in [5, 5.41) is 4.56. The van der Waals surface area contributed by atoms with E-state index in [0.29, 0.717) is 23.8 Å². The fourth-order valence-corrected chi connectivity index (χ4v) is 1.71. The van der Waals surface area contributed by atoms with Crippen molar-refractivity contribution in [2.45, 2.75) is 6.54 Å². The van der Waals surface area contributed by atoms with Gasteiger partial charge in [-0.05, 0) is 28.2 Å². The van der Waals surface area contributed by atoms with Gasteiger partial charge in [0.25, 0.3) is 0 Å². The first-order valence-corrected chi connectivity index (χ1v) is 5.83. The number of hydrogen-bond acceptors (Lipinski definition) is 4. The lowest BCUT2D eigenvalue weighted by atomic mass is 10.2. The summed E-state index contributed by atoms with van der Waals surface area (Å²) in [6.07, 6.45) is 1.53. The summed E-state index contributed by atoms with van der Waals surface area (Å²) in [6, 6.07) is 0. The Labute approximate surface area is 107 Å². The molecule has 0 radical (unpaired) electrons. The third kappa shape index (κ3) is 4.11. The molecule has 0 aliphatic carbocycles. The van der Waals surface area contributed by atoms with E-state index in [9.17, 15) is 4.79 Å². The zero-order valence-corrected chi connectivity index (χ0v) is 11.5. The molecule has 0 amide bonds. The van der Waals surface area contributed by atoms with Gasteiger partial charge < -0.3 is 9.80 Å². The van der Waals surface area contributed by atoms with Crippen molar-refractivity contribution in [3.63, 3.8) is 0 Å². The van der Waals surface area contributed by atoms with E-state index >= 15 is 0 Å². The summed E-state index contributed by atoms with van der Waals surface area (Å²) in [6.45, 7) is 1.82. The molecule has 1 heterocycles. The van der Waals surface area contributed by atoms with Crippen LogP contribution in [0.3, 0.4) is 0 Å². The predicted octanol–water partition coefficient (Wildman–Crippen LogP) is 0.842. The van der Waals surface area contributed by atoms with Crippen LogP contribution in [0.2, 0.25) is 5.02 Å². The van der Waals surface area contributed by atoms with Crippen LogP contribution in [0.25, 0.3) is 0 Å². The lowest BCUT2D eigenvalue weighted by Crippen LogP contribution is -2.26. The first-order chi connectivity index (χ1) is 7.91. The Hall–Kier alpha value is -0.910. The number of carbonyl (C=O) groups is 1. The molecule has 1 aromatic heterocycles. The van der Waals surface area contributed by atoms with E-state index < -0.39 is 0 Å². The second-order valence-corrected chi connectivity index (χ2v) is 4.94. The van der Waals surface area contributed by atoms with Crippen molar-refractivity contribution in [2.75, 3.05) is 41.3 Å². The molecule has 0 bridgehead atoms. The lowest BCUT2D eigenvalue weighted by molar-refractivity contribution is 0.0946. The normalized spacial score (nSPS) is 11.5. The van der Waals surface area contributed by atoms with E-state index in [-0.39, 0.29) is 5.78 Å². The molecule has 1 aromatic rings. The molecule has 17 heavy (non-hydrogen) atoms. The van der Waals surface area contributed by atoms with Gasteiger partial charge in [0.1, 0.15) is 5.69 Å². The molecule has 5 nitrogen and oxygen atoms in total. The lowest BCUT2D eigenvalue weighted by Gasteiger charge is -2.13. The van der Waals surface area contributed by atoms with Gasteiger partial charge >= 0.3 is 0 Å². The van der Waals surface area contributed by atoms with Gasteiger partial charge in [0.05, 0.1) is 24.3 Å². The highest BCUT2D eigenvalue weighted by molar-refractivity contribution is 6.33. The van der Waals surface area contributed by atoms with Crippen LogP contribution in [-0.2, 0) is 6.54 Å². The minimum atomic E-state index is -0.00347. The van der Waals surface area contributed by atoms with Crippen LogP contribution in [0, 0.1) is 0 Å². The highest BCUT2D eigenvalue weighted by Gasteiger charge is 2.17. The molecular formula is C11H19ClN4O. The average Bonchev–Trinajstić information content (AvgIpc) is 2.55. The third-order valence-electron chi connectivity index (χ3n) is 2.28. The topological polar surface area (TPSA) is 41.4 Å². The maximum absolute atomic E-state index is 12.0. The molecule has 0 saturated carbocycles. The minimum absolute atomic E-state index is 0.00347. The van der Waals surface area contributed by atoms with Crippen molar-refractivity contribution in [2.24, 2.45) is 0 Å². The molecule has 6 heteroatoms. The summed E-state index contributed by atoms with van der Waals surface area (Å²) >= 11 is 6.00. The van der Waals surface area contributed by atoms with Crippen molar-refractivity contribution < 1.29 is 4.79 Å². The minimum Gasteiger partial charge on any atom is -0.308 e. The zero-order chi connectivity index (χ0) is 13.0. The number of ketones is 1. The summed E-state index contributed by atoms with van der Waals surface area (Å²) in [5.41, 5.74) is 0.502. The van der Waals surface area contributed by atoms with Gasteiger partial charge in [-0.1, -0.05) is 11.6 Å². The molecule has 0 spiro atoms. The van der Waals surface area contributed by atoms with Gasteiger partial charge in [0.2, 0.25) is 0 Å². The quantitative estimate of drug-likeness (QED) is 0.710. The molecular weight excluding hydrogens is 240 g/mol. The Morgan fingerprint density at radius 3 is 2.53 bits per heavy atom. The van der Waals surface area contributed by atoms with Crippen molar-refractivity contribution in [1.29, 1.82) is 0 Å². The molecule has 0 saturated heterocycles. The molecule has 1 rings (SSSR count). The van der Waals surface area contributed by atoms with Crippen molar-refractivity contribution >= 4 is 17.4 Å². The molecule has 0 N–H and O–H groups in total. The van der Waals surface area contributed by atoms with Crippen molar-refractivity contribution in [3.05, 3.63) is 16.9 Å². The van der Waals surface area contributed by atoms with Gasteiger partial charge in [0, 0.05) is 6.54 Å². The number of nitrogens with zero attached hydrogens (tertiary/aromatic N) is 4. The number of hydrogen-bond donors (Lipinski definition) is 0. The van der Waals surface area contributed by atoms with Crippen LogP contribution in [0.1, 0.15) is 10.5 Å². The molecule has 0 aromatic carbocycles. The van der Waals surface area contributed by atoms with Gasteiger partial charge in [-0.3, -0.25) is 9.48 Å². The Kier molecular flexibility index (Phi) is 5.11. The highest BCUT2D eigenvalue weighted by atomic mass is 35.5. The average molecular weight is 259 g/mol. The van der Waals surface area contributed by atoms with Crippen LogP contribution in [0.4, 0.5) is 0 Å². The molecule has 0 atom stereocenters. The Balaban J connectivity index is 2.82. The Morgan fingerprint density at radius 2 is 2.00 bits per heavy atom. The van der Waals surface area contributed by atoms with Crippen LogP contribution >= 0.6 is 11.6 Å². The van der Waals surface area contributed by atoms with E-state index in [1.54, 1.807) is 4.68 Å². The van der Waals surface area contributed by atoms with Crippen molar-refractivity contribution in [3.8, 4) is 0 Å². The van der Waals surface area contributed by atoms with Crippen LogP contribution < -0.4 is 0 Å². The predicted molar refractivity (Wildman–Crippen MR) is 68.7 cm³/mol. The first-order valence-electron chi connectivity index (χ1n) is 5.45. The largest absolute Gasteiger partial charge is 0.308 e. The molecule has 96 valence electrons. The fraction of sp³-hybridized carbons (Fsp3) is 0.636. The molecule has 0 unspecified atom stereocenters. The second kappa shape index (κ2) is 6.14. The van der Waals surface area contributed by atoms with E-state index in [0.717, 1.165) is 6.54 Å². The van der Waals surface area contributed by atoms with E-state index in [1.807, 2.05) is 38.0 Å². The summed E-state index contributed by atoms with van der Waals surface area (Å²) in [5.74, 6) is -0.00347.